The zero-order valence-electron chi connectivity index (χ0n) is 48.5. The number of carbonyl (C=O) groups excluding carboxylic acids is 9. The van der Waals surface area contributed by atoms with Crippen LogP contribution in [0.5, 0.6) is 0 Å². The summed E-state index contributed by atoms with van der Waals surface area (Å²) in [5, 5.41) is 11.0. The maximum atomic E-state index is 15.2. The van der Waals surface area contributed by atoms with Crippen molar-refractivity contribution in [1.82, 2.24) is 45.2 Å². The number of fused-ring (bicyclic) bond motifs is 3. The van der Waals surface area contributed by atoms with E-state index in [0.29, 0.717) is 59.6 Å². The molecule has 5 atom stereocenters. The van der Waals surface area contributed by atoms with Crippen LogP contribution in [0.3, 0.4) is 0 Å². The molecule has 460 valence electrons. The minimum atomic E-state index is -4.19. The van der Waals surface area contributed by atoms with Crippen LogP contribution in [-0.2, 0) is 77.0 Å². The lowest BCUT2D eigenvalue weighted by Gasteiger charge is -2.40. The molecule has 0 radical (unpaired) electrons. The largest absolute Gasteiger partial charge is 0.401 e. The van der Waals surface area contributed by atoms with Gasteiger partial charge in [-0.2, -0.15) is 0 Å². The molecule has 9 rings (SSSR count). The molecule has 1 aliphatic carbocycles. The van der Waals surface area contributed by atoms with Crippen molar-refractivity contribution < 1.29 is 65.2 Å². The average molecular weight is 1230 g/mol. The van der Waals surface area contributed by atoms with Crippen molar-refractivity contribution in [2.75, 3.05) is 32.6 Å². The van der Waals surface area contributed by atoms with Gasteiger partial charge in [-0.05, 0) is 150 Å². The fraction of sp³-hybridized carbons (Fsp3) is 0.492. The first kappa shape index (κ1) is 62.7. The molecular formula is C59H73N10O15PS. The molecule has 7 N–H and O–H groups in total. The number of carbonyl (C=O) groups is 9. The number of imidazole rings is 1. The van der Waals surface area contributed by atoms with E-state index in [0.717, 1.165) is 31.1 Å². The second kappa shape index (κ2) is 26.4. The molecule has 1 saturated carbocycles. The number of primary amides is 1. The molecule has 27 heteroatoms. The normalized spacial score (nSPS) is 21.5. The highest BCUT2D eigenvalue weighted by molar-refractivity contribution is 7.90. The van der Waals surface area contributed by atoms with E-state index in [1.807, 2.05) is 18.2 Å². The van der Waals surface area contributed by atoms with E-state index in [9.17, 15) is 56.1 Å². The Morgan fingerprint density at radius 1 is 0.837 bits per heavy atom. The van der Waals surface area contributed by atoms with Gasteiger partial charge in [0.2, 0.25) is 41.4 Å². The summed E-state index contributed by atoms with van der Waals surface area (Å²) in [4.78, 5) is 142. The third-order valence-electron chi connectivity index (χ3n) is 16.9. The molecule has 4 fully saturated rings. The van der Waals surface area contributed by atoms with Gasteiger partial charge in [0.15, 0.2) is 9.84 Å². The third-order valence-corrected chi connectivity index (χ3v) is 20.0. The molecule has 0 bridgehead atoms. The van der Waals surface area contributed by atoms with E-state index < -0.39 is 88.6 Å². The Bertz CT molecular complexity index is 3710. The van der Waals surface area contributed by atoms with Gasteiger partial charge >= 0.3 is 13.3 Å². The number of nitrogens with one attached hydrogen (secondary N) is 5. The summed E-state index contributed by atoms with van der Waals surface area (Å²) in [5.74, 6) is -4.59. The van der Waals surface area contributed by atoms with E-state index >= 15 is 4.79 Å². The summed E-state index contributed by atoms with van der Waals surface area (Å²) in [6.07, 6.45) is 6.00. The van der Waals surface area contributed by atoms with Gasteiger partial charge in [0, 0.05) is 74.2 Å². The van der Waals surface area contributed by atoms with Crippen molar-refractivity contribution in [2.24, 2.45) is 24.6 Å². The number of imide groups is 1. The molecule has 3 saturated heterocycles. The molecular weight excluding hydrogens is 1150 g/mol. The highest BCUT2D eigenvalue weighted by Crippen LogP contribution is 2.51. The fourth-order valence-electron chi connectivity index (χ4n) is 12.3. The average Bonchev–Trinajstić information content (AvgIpc) is 1.89. The summed E-state index contributed by atoms with van der Waals surface area (Å²) in [6, 6.07) is 12.3. The number of aromatic nitrogens is 3. The molecule has 3 aliphatic heterocycles. The number of sulfone groups is 1. The topological polar surface area (TPSA) is 347 Å². The Hall–Kier alpha value is -7.80. The number of hydrogen-bond acceptors (Lipinski definition) is 15. The molecule has 25 nitrogen and oxygen atoms in total. The highest BCUT2D eigenvalue weighted by Gasteiger charge is 2.47. The number of H-pyrrole nitrogens is 1. The van der Waals surface area contributed by atoms with Crippen LogP contribution in [-0.4, -0.2) is 142 Å². The lowest BCUT2D eigenvalue weighted by Crippen LogP contribution is -2.62. The summed E-state index contributed by atoms with van der Waals surface area (Å²) < 4.78 is 50.9. The zero-order valence-corrected chi connectivity index (χ0v) is 50.2. The monoisotopic (exact) mass is 1220 g/mol. The van der Waals surface area contributed by atoms with Crippen LogP contribution in [0.2, 0.25) is 0 Å². The molecule has 0 spiro atoms. The van der Waals surface area contributed by atoms with Crippen molar-refractivity contribution in [3.05, 3.63) is 99.6 Å². The minimum absolute atomic E-state index is 0.00929. The minimum Gasteiger partial charge on any atom is -0.370 e. The van der Waals surface area contributed by atoms with Gasteiger partial charge in [0.25, 0.3) is 11.4 Å². The fourth-order valence-corrected chi connectivity index (χ4v) is 14.4. The first-order valence-corrected chi connectivity index (χ1v) is 32.6. The van der Waals surface area contributed by atoms with Gasteiger partial charge < -0.3 is 45.5 Å². The number of nitrogens with zero attached hydrogens (tertiary/aromatic N) is 4. The Balaban J connectivity index is 0.904. The Kier molecular flexibility index (Phi) is 19.3. The molecule has 1 unspecified atom stereocenters. The van der Waals surface area contributed by atoms with Crippen LogP contribution in [0.1, 0.15) is 129 Å². The van der Waals surface area contributed by atoms with Crippen molar-refractivity contribution in [2.45, 2.75) is 139 Å². The van der Waals surface area contributed by atoms with E-state index in [1.54, 1.807) is 25.8 Å². The Morgan fingerprint density at radius 3 is 2.22 bits per heavy atom. The van der Waals surface area contributed by atoms with Crippen molar-refractivity contribution in [3.63, 3.8) is 0 Å². The summed E-state index contributed by atoms with van der Waals surface area (Å²) in [7, 11) is -6.01. The smallest absolute Gasteiger partial charge is 0.370 e. The molecule has 5 heterocycles. The quantitative estimate of drug-likeness (QED) is 0.0424. The second-order valence-electron chi connectivity index (χ2n) is 22.7. The van der Waals surface area contributed by atoms with Crippen LogP contribution < -0.4 is 32.7 Å². The van der Waals surface area contributed by atoms with Gasteiger partial charge in [-0.3, -0.25) is 62.2 Å². The lowest BCUT2D eigenvalue weighted by molar-refractivity contribution is -0.147. The van der Waals surface area contributed by atoms with Crippen LogP contribution in [0, 0.1) is 11.8 Å². The number of nitrogens with two attached hydrogens (primary N) is 1. The number of aryl methyl sites for hydroxylation is 2. The molecule has 4 aliphatic rings. The number of aromatic amines is 1. The number of benzene rings is 3. The van der Waals surface area contributed by atoms with Crippen LogP contribution >= 0.6 is 7.60 Å². The van der Waals surface area contributed by atoms with E-state index in [1.165, 1.54) is 62.6 Å². The van der Waals surface area contributed by atoms with Crippen LogP contribution in [0.15, 0.2) is 76.4 Å². The van der Waals surface area contributed by atoms with Crippen LogP contribution in [0.25, 0.3) is 21.9 Å². The number of rotatable bonds is 22. The Labute approximate surface area is 496 Å². The van der Waals surface area contributed by atoms with E-state index in [4.69, 9.17) is 14.8 Å². The first-order chi connectivity index (χ1) is 41.0. The maximum absolute atomic E-state index is 15.2. The predicted octanol–water partition coefficient (Wildman–Crippen LogP) is 3.81. The second-order valence-corrected chi connectivity index (χ2v) is 26.6. The van der Waals surface area contributed by atoms with Gasteiger partial charge in [0.05, 0.1) is 29.1 Å². The van der Waals surface area contributed by atoms with E-state index in [-0.39, 0.29) is 110 Å². The standard InChI is InChI=1S/C59H73N10O15PS/c1-5-83-85(80,84-6-2)58(78)38-16-20-42-39(30-38)31-44(62-42)53(73)64-45-33-67(56(76)37-14-9-34(10-15-37)7-8-35-13-22-46-49(29-35)66(3)59(79)69(46)48-24-26-51(71)65-55(48)75)28-27-40-17-23-47(68(40)57(45)77)54(74)63-43(21-25-50(60)70)52(72)61-32-36-11-18-41(19-12-36)86(4,81)82/h11-13,16,18-20,22,29-31,34,37,40,43,45,47-48,62H,5-10,14-15,17,21,23-28,32-33H2,1-4H3,(H2,60,70)(H,61,72)(H,63,74)(H,64,73)(H,65,71,75)/t34-,37+,40-,43+,45+,47+,48?/m1/s1. The van der Waals surface area contributed by atoms with Crippen molar-refractivity contribution in [1.29, 1.82) is 0 Å². The highest BCUT2D eigenvalue weighted by atomic mass is 32.2. The summed E-state index contributed by atoms with van der Waals surface area (Å²) >= 11 is 0. The van der Waals surface area contributed by atoms with Crippen LogP contribution in [0.4, 0.5) is 0 Å². The molecule has 5 aromatic rings. The Morgan fingerprint density at radius 2 is 1.55 bits per heavy atom. The molecule has 8 amide bonds. The molecule has 86 heavy (non-hydrogen) atoms. The number of hydrogen-bond donors (Lipinski definition) is 6. The predicted molar refractivity (Wildman–Crippen MR) is 314 cm³/mol. The SMILES string of the molecule is CCOP(=O)(OCC)C(=O)c1ccc2[nH]c(C(=O)N[C@H]3CN(C(=O)[C@H]4CC[C@@H](CCc5ccc6c(c5)n(C)c(=O)n6C5CCC(=O)NC5=O)CC4)CC[C@H]4CC[C@@H](C(=O)N[C@@H](CCC(N)=O)C(=O)NCc5ccc(S(C)(=O)=O)cc5)N4C3=O)cc2c1. The van der Waals surface area contributed by atoms with Gasteiger partial charge in [-0.15, -0.1) is 0 Å². The maximum Gasteiger partial charge on any atom is 0.401 e. The van der Waals surface area contributed by atoms with Gasteiger partial charge in [0.1, 0.15) is 29.9 Å². The lowest BCUT2D eigenvalue weighted by atomic mass is 9.79. The van der Waals surface area contributed by atoms with E-state index in [2.05, 4.69) is 26.3 Å². The number of piperidine rings is 1. The van der Waals surface area contributed by atoms with Gasteiger partial charge in [-0.25, -0.2) is 13.2 Å². The summed E-state index contributed by atoms with van der Waals surface area (Å²) in [5.41, 5.74) is 7.54. The number of amides is 8. The zero-order chi connectivity index (χ0) is 61.8. The molecule has 2 aromatic heterocycles. The van der Waals surface area contributed by atoms with Crippen molar-refractivity contribution >= 4 is 92.2 Å². The van der Waals surface area contributed by atoms with Gasteiger partial charge in [-0.1, -0.05) is 18.2 Å². The summed E-state index contributed by atoms with van der Waals surface area (Å²) in [6.45, 7) is 2.97. The first-order valence-electron chi connectivity index (χ1n) is 29.1. The molecule has 3 aromatic carbocycles. The van der Waals surface area contributed by atoms with Crippen molar-refractivity contribution in [3.8, 4) is 0 Å². The third kappa shape index (κ3) is 13.9.